The first-order chi connectivity index (χ1) is 13.4. The van der Waals surface area contributed by atoms with Gasteiger partial charge < -0.3 is 18.9 Å². The highest BCUT2D eigenvalue weighted by molar-refractivity contribution is 7.89. The highest BCUT2D eigenvalue weighted by Gasteiger charge is 2.20. The van der Waals surface area contributed by atoms with E-state index in [-0.39, 0.29) is 4.90 Å². The maximum Gasteiger partial charge on any atom is 0.242 e. The zero-order chi connectivity index (χ0) is 20.6. The Kier molecular flexibility index (Phi) is 8.10. The van der Waals surface area contributed by atoms with Crippen molar-refractivity contribution in [2.24, 2.45) is 0 Å². The number of hydrogen-bond donors (Lipinski definition) is 0. The second-order valence-corrected chi connectivity index (χ2v) is 8.12. The summed E-state index contributed by atoms with van der Waals surface area (Å²) < 4.78 is 47.8. The van der Waals surface area contributed by atoms with Gasteiger partial charge in [-0.3, -0.25) is 0 Å². The maximum absolute atomic E-state index is 12.8. The van der Waals surface area contributed by atoms with E-state index in [4.69, 9.17) is 18.9 Å². The molecule has 0 aliphatic heterocycles. The van der Waals surface area contributed by atoms with Crippen molar-refractivity contribution in [1.82, 2.24) is 4.31 Å². The van der Waals surface area contributed by atoms with Crippen LogP contribution in [0.1, 0.15) is 5.56 Å². The molecule has 8 heteroatoms. The van der Waals surface area contributed by atoms with Gasteiger partial charge in [0.05, 0.1) is 25.7 Å². The molecule has 154 valence electrons. The SMILES string of the molecule is COCCOc1ccc(S(=O)(=O)N(C)CCc2ccc(OC)c(OC)c2)cc1. The van der Waals surface area contributed by atoms with Crippen LogP contribution in [0.4, 0.5) is 0 Å². The third-order valence-electron chi connectivity index (χ3n) is 4.25. The van der Waals surface area contributed by atoms with Gasteiger partial charge in [0.1, 0.15) is 12.4 Å². The first kappa shape index (κ1) is 22.0. The van der Waals surface area contributed by atoms with Gasteiger partial charge in [-0.05, 0) is 48.4 Å². The van der Waals surface area contributed by atoms with Gasteiger partial charge in [0.2, 0.25) is 10.0 Å². The fourth-order valence-corrected chi connectivity index (χ4v) is 3.75. The van der Waals surface area contributed by atoms with Crippen molar-refractivity contribution in [3.8, 4) is 17.2 Å². The van der Waals surface area contributed by atoms with Gasteiger partial charge in [-0.2, -0.15) is 0 Å². The van der Waals surface area contributed by atoms with E-state index in [9.17, 15) is 8.42 Å². The van der Waals surface area contributed by atoms with Crippen LogP contribution in [0.3, 0.4) is 0 Å². The minimum atomic E-state index is -3.58. The lowest BCUT2D eigenvalue weighted by Crippen LogP contribution is -2.29. The molecule has 0 heterocycles. The Bertz CT molecular complexity index is 851. The van der Waals surface area contributed by atoms with Crippen molar-refractivity contribution in [3.63, 3.8) is 0 Å². The van der Waals surface area contributed by atoms with Crippen LogP contribution >= 0.6 is 0 Å². The summed E-state index contributed by atoms with van der Waals surface area (Å²) in [5, 5.41) is 0. The molecule has 0 aromatic heterocycles. The van der Waals surface area contributed by atoms with Gasteiger partial charge in [-0.1, -0.05) is 6.07 Å². The minimum Gasteiger partial charge on any atom is -0.493 e. The molecular weight excluding hydrogens is 382 g/mol. The summed E-state index contributed by atoms with van der Waals surface area (Å²) in [5.74, 6) is 1.86. The van der Waals surface area contributed by atoms with Crippen LogP contribution in [-0.4, -0.2) is 60.9 Å². The molecule has 0 aliphatic carbocycles. The predicted molar refractivity (Wildman–Crippen MR) is 107 cm³/mol. The predicted octanol–water partition coefficient (Wildman–Crippen LogP) is 2.59. The Morgan fingerprint density at radius 1 is 0.893 bits per heavy atom. The summed E-state index contributed by atoms with van der Waals surface area (Å²) in [4.78, 5) is 0.224. The Hall–Kier alpha value is -2.29. The van der Waals surface area contributed by atoms with E-state index in [1.165, 1.54) is 4.31 Å². The van der Waals surface area contributed by atoms with Crippen LogP contribution < -0.4 is 14.2 Å². The summed E-state index contributed by atoms with van der Waals surface area (Å²) in [6.45, 7) is 1.22. The third kappa shape index (κ3) is 5.60. The zero-order valence-corrected chi connectivity index (χ0v) is 17.5. The first-order valence-corrected chi connectivity index (χ1v) is 10.3. The molecule has 28 heavy (non-hydrogen) atoms. The van der Waals surface area contributed by atoms with Gasteiger partial charge in [-0.15, -0.1) is 0 Å². The summed E-state index contributed by atoms with van der Waals surface area (Å²) in [7, 11) is 2.73. The number of nitrogens with zero attached hydrogens (tertiary/aromatic N) is 1. The second kappa shape index (κ2) is 10.3. The molecule has 7 nitrogen and oxygen atoms in total. The molecule has 0 saturated heterocycles. The summed E-state index contributed by atoms with van der Waals surface area (Å²) in [6, 6.07) is 11.9. The van der Waals surface area contributed by atoms with E-state index >= 15 is 0 Å². The van der Waals surface area contributed by atoms with Crippen molar-refractivity contribution < 1.29 is 27.4 Å². The van der Waals surface area contributed by atoms with Crippen LogP contribution in [0, 0.1) is 0 Å². The van der Waals surface area contributed by atoms with Crippen molar-refractivity contribution in [2.45, 2.75) is 11.3 Å². The number of sulfonamides is 1. The van der Waals surface area contributed by atoms with Crippen molar-refractivity contribution in [1.29, 1.82) is 0 Å². The van der Waals surface area contributed by atoms with E-state index in [0.717, 1.165) is 5.56 Å². The normalized spacial score (nSPS) is 11.5. The molecule has 0 atom stereocenters. The van der Waals surface area contributed by atoms with Crippen LogP contribution in [0.25, 0.3) is 0 Å². The van der Waals surface area contributed by atoms with Crippen LogP contribution in [0.5, 0.6) is 17.2 Å². The van der Waals surface area contributed by atoms with Gasteiger partial charge in [0.15, 0.2) is 11.5 Å². The largest absolute Gasteiger partial charge is 0.493 e. The molecule has 0 unspecified atom stereocenters. The molecule has 2 aromatic rings. The highest BCUT2D eigenvalue weighted by atomic mass is 32.2. The number of methoxy groups -OCH3 is 3. The average Bonchev–Trinajstić information content (AvgIpc) is 2.72. The lowest BCUT2D eigenvalue weighted by Gasteiger charge is -2.18. The Morgan fingerprint density at radius 2 is 1.57 bits per heavy atom. The molecule has 0 spiro atoms. The molecular formula is C20H27NO6S. The highest BCUT2D eigenvalue weighted by Crippen LogP contribution is 2.28. The van der Waals surface area contributed by atoms with Crippen molar-refractivity contribution >= 4 is 10.0 Å². The number of rotatable bonds is 11. The van der Waals surface area contributed by atoms with E-state index in [1.54, 1.807) is 52.6 Å². The Labute approximate surface area is 166 Å². The average molecular weight is 410 g/mol. The molecule has 0 radical (unpaired) electrons. The topological polar surface area (TPSA) is 74.3 Å². The number of benzene rings is 2. The lowest BCUT2D eigenvalue weighted by molar-refractivity contribution is 0.146. The number of likely N-dealkylation sites (N-methyl/N-ethyl adjacent to an activating group) is 1. The second-order valence-electron chi connectivity index (χ2n) is 6.08. The first-order valence-electron chi connectivity index (χ1n) is 8.81. The quantitative estimate of drug-likeness (QED) is 0.531. The zero-order valence-electron chi connectivity index (χ0n) is 16.7. The number of ether oxygens (including phenoxy) is 4. The molecule has 0 amide bonds. The Morgan fingerprint density at radius 3 is 2.18 bits per heavy atom. The summed E-state index contributed by atoms with van der Waals surface area (Å²) in [5.41, 5.74) is 0.960. The summed E-state index contributed by atoms with van der Waals surface area (Å²) >= 11 is 0. The maximum atomic E-state index is 12.8. The fraction of sp³-hybridized carbons (Fsp3) is 0.400. The van der Waals surface area contributed by atoms with E-state index in [1.807, 2.05) is 18.2 Å². The van der Waals surface area contributed by atoms with E-state index in [0.29, 0.717) is 43.4 Å². The molecule has 2 rings (SSSR count). The third-order valence-corrected chi connectivity index (χ3v) is 6.12. The Balaban J connectivity index is 2.01. The van der Waals surface area contributed by atoms with Crippen LogP contribution in [0.15, 0.2) is 47.4 Å². The number of hydrogen-bond acceptors (Lipinski definition) is 6. The van der Waals surface area contributed by atoms with Crippen molar-refractivity contribution in [3.05, 3.63) is 48.0 Å². The molecule has 0 fully saturated rings. The monoisotopic (exact) mass is 409 g/mol. The molecule has 0 bridgehead atoms. The minimum absolute atomic E-state index is 0.224. The standard InChI is InChI=1S/C20H27NO6S/c1-21(12-11-16-5-10-19(25-3)20(15-16)26-4)28(22,23)18-8-6-17(7-9-18)27-14-13-24-2/h5-10,15H,11-14H2,1-4H3. The van der Waals surface area contributed by atoms with Crippen molar-refractivity contribution in [2.75, 3.05) is 48.1 Å². The van der Waals surface area contributed by atoms with Gasteiger partial charge >= 0.3 is 0 Å². The van der Waals surface area contributed by atoms with Gasteiger partial charge in [0.25, 0.3) is 0 Å². The lowest BCUT2D eigenvalue weighted by atomic mass is 10.1. The molecule has 0 aliphatic rings. The van der Waals surface area contributed by atoms with E-state index in [2.05, 4.69) is 0 Å². The van der Waals surface area contributed by atoms with Gasteiger partial charge in [0, 0.05) is 20.7 Å². The van der Waals surface area contributed by atoms with E-state index < -0.39 is 10.0 Å². The molecule has 2 aromatic carbocycles. The smallest absolute Gasteiger partial charge is 0.242 e. The fourth-order valence-electron chi connectivity index (χ4n) is 2.57. The molecule has 0 N–H and O–H groups in total. The van der Waals surface area contributed by atoms with Crippen LogP contribution in [0.2, 0.25) is 0 Å². The summed E-state index contributed by atoms with van der Waals surface area (Å²) in [6.07, 6.45) is 0.550. The van der Waals surface area contributed by atoms with Crippen LogP contribution in [-0.2, 0) is 21.2 Å². The van der Waals surface area contributed by atoms with Gasteiger partial charge in [-0.25, -0.2) is 12.7 Å². The molecule has 0 saturated carbocycles.